The third kappa shape index (κ3) is 11.1. The van der Waals surface area contributed by atoms with Crippen molar-refractivity contribution in [3.8, 4) is 5.75 Å². The van der Waals surface area contributed by atoms with Crippen LogP contribution in [0, 0.1) is 6.92 Å². The van der Waals surface area contributed by atoms with E-state index in [1.807, 2.05) is 38.1 Å². The van der Waals surface area contributed by atoms with E-state index in [1.165, 1.54) is 9.75 Å². The third-order valence-corrected chi connectivity index (χ3v) is 4.85. The number of methoxy groups -OCH3 is 1. The fourth-order valence-corrected chi connectivity index (χ4v) is 3.33. The van der Waals surface area contributed by atoms with Crippen LogP contribution in [0.25, 0.3) is 0 Å². The summed E-state index contributed by atoms with van der Waals surface area (Å²) in [4.78, 5) is 7.27. The average molecular weight is 548 g/mol. The number of ether oxygens (including phenoxy) is 3. The number of aryl methyl sites for hydroxylation is 1. The Morgan fingerprint density at radius 3 is 2.47 bits per heavy atom. The summed E-state index contributed by atoms with van der Waals surface area (Å²) in [6, 6.07) is 12.2. The molecule has 0 unspecified atom stereocenters. The molecule has 0 amide bonds. The van der Waals surface area contributed by atoms with E-state index in [1.54, 1.807) is 18.4 Å². The zero-order valence-corrected chi connectivity index (χ0v) is 21.4. The quantitative estimate of drug-likeness (QED) is 0.168. The maximum atomic E-state index is 5.71. The number of aliphatic imine (C=N–C) groups is 1. The SMILES string of the molecule is COCCOCCCNC(=NCc1ccc(C)s1)Nc1ccc(OC(C)C)cc1.I. The number of benzene rings is 1. The summed E-state index contributed by atoms with van der Waals surface area (Å²) in [6.07, 6.45) is 1.05. The van der Waals surface area contributed by atoms with Crippen molar-refractivity contribution in [2.45, 2.75) is 39.8 Å². The van der Waals surface area contributed by atoms with Gasteiger partial charge in [-0.3, -0.25) is 0 Å². The normalized spacial score (nSPS) is 11.3. The molecule has 0 aliphatic heterocycles. The fraction of sp³-hybridized carbons (Fsp3) is 0.500. The number of hydrogen-bond donors (Lipinski definition) is 2. The monoisotopic (exact) mass is 547 g/mol. The summed E-state index contributed by atoms with van der Waals surface area (Å²) in [6.45, 7) is 9.51. The van der Waals surface area contributed by atoms with Crippen LogP contribution < -0.4 is 15.4 Å². The number of rotatable bonds is 12. The third-order valence-electron chi connectivity index (χ3n) is 3.87. The van der Waals surface area contributed by atoms with Crippen LogP contribution in [0.15, 0.2) is 41.4 Å². The first-order valence-electron chi connectivity index (χ1n) is 10.0. The van der Waals surface area contributed by atoms with E-state index >= 15 is 0 Å². The number of guanidine groups is 1. The van der Waals surface area contributed by atoms with Crippen molar-refractivity contribution >= 4 is 47.0 Å². The van der Waals surface area contributed by atoms with Gasteiger partial charge in [-0.05, 0) is 63.6 Å². The van der Waals surface area contributed by atoms with Gasteiger partial charge in [-0.2, -0.15) is 0 Å². The Hall–Kier alpha value is -1.36. The Bertz CT molecular complexity index is 735. The van der Waals surface area contributed by atoms with Gasteiger partial charge in [0, 0.05) is 35.7 Å². The number of halogens is 1. The van der Waals surface area contributed by atoms with Gasteiger partial charge in [-0.1, -0.05) is 0 Å². The van der Waals surface area contributed by atoms with Crippen molar-refractivity contribution < 1.29 is 14.2 Å². The topological polar surface area (TPSA) is 64.1 Å². The van der Waals surface area contributed by atoms with Crippen LogP contribution in [0.5, 0.6) is 5.75 Å². The summed E-state index contributed by atoms with van der Waals surface area (Å²) in [5.74, 6) is 1.62. The zero-order chi connectivity index (χ0) is 20.9. The average Bonchev–Trinajstić information content (AvgIpc) is 3.11. The molecule has 0 aliphatic rings. The highest BCUT2D eigenvalue weighted by molar-refractivity contribution is 14.0. The first-order chi connectivity index (χ1) is 14.1. The zero-order valence-electron chi connectivity index (χ0n) is 18.3. The molecular formula is C22H34IN3O3S. The van der Waals surface area contributed by atoms with Crippen LogP contribution in [-0.4, -0.2) is 45.5 Å². The fourth-order valence-electron chi connectivity index (χ4n) is 2.52. The maximum Gasteiger partial charge on any atom is 0.196 e. The van der Waals surface area contributed by atoms with E-state index in [9.17, 15) is 0 Å². The van der Waals surface area contributed by atoms with Gasteiger partial charge in [-0.15, -0.1) is 35.3 Å². The van der Waals surface area contributed by atoms with Crippen LogP contribution in [-0.2, 0) is 16.0 Å². The lowest BCUT2D eigenvalue weighted by atomic mass is 10.3. The lowest BCUT2D eigenvalue weighted by molar-refractivity contribution is 0.0699. The Morgan fingerprint density at radius 1 is 1.07 bits per heavy atom. The van der Waals surface area contributed by atoms with Crippen LogP contribution in [0.3, 0.4) is 0 Å². The molecule has 1 aromatic carbocycles. The van der Waals surface area contributed by atoms with Crippen molar-refractivity contribution in [1.82, 2.24) is 5.32 Å². The molecule has 0 fully saturated rings. The molecule has 2 N–H and O–H groups in total. The van der Waals surface area contributed by atoms with Gasteiger partial charge in [0.15, 0.2) is 5.96 Å². The van der Waals surface area contributed by atoms with E-state index in [0.717, 1.165) is 30.4 Å². The molecule has 6 nitrogen and oxygen atoms in total. The van der Waals surface area contributed by atoms with Crippen LogP contribution in [0.2, 0.25) is 0 Å². The first kappa shape index (κ1) is 26.7. The first-order valence-corrected chi connectivity index (χ1v) is 10.8. The largest absolute Gasteiger partial charge is 0.491 e. The van der Waals surface area contributed by atoms with Crippen molar-refractivity contribution in [3.63, 3.8) is 0 Å². The smallest absolute Gasteiger partial charge is 0.196 e. The highest BCUT2D eigenvalue weighted by atomic mass is 127. The molecule has 8 heteroatoms. The minimum atomic E-state index is 0. The summed E-state index contributed by atoms with van der Waals surface area (Å²) in [5, 5.41) is 6.76. The molecule has 0 saturated heterocycles. The Morgan fingerprint density at radius 2 is 1.83 bits per heavy atom. The molecule has 0 spiro atoms. The van der Waals surface area contributed by atoms with E-state index in [4.69, 9.17) is 19.2 Å². The summed E-state index contributed by atoms with van der Waals surface area (Å²) in [5.41, 5.74) is 0.964. The van der Waals surface area contributed by atoms with E-state index in [-0.39, 0.29) is 30.1 Å². The Kier molecular flexibility index (Phi) is 13.7. The highest BCUT2D eigenvalue weighted by Crippen LogP contribution is 2.18. The number of anilines is 1. The molecule has 0 bridgehead atoms. The second kappa shape index (κ2) is 15.4. The maximum absolute atomic E-state index is 5.71. The van der Waals surface area contributed by atoms with Crippen LogP contribution in [0.1, 0.15) is 30.0 Å². The molecule has 0 aliphatic carbocycles. The molecule has 1 heterocycles. The minimum Gasteiger partial charge on any atom is -0.491 e. The second-order valence-electron chi connectivity index (χ2n) is 6.88. The number of hydrogen-bond acceptors (Lipinski definition) is 5. The van der Waals surface area contributed by atoms with Gasteiger partial charge in [-0.25, -0.2) is 4.99 Å². The summed E-state index contributed by atoms with van der Waals surface area (Å²) < 4.78 is 16.2. The second-order valence-corrected chi connectivity index (χ2v) is 8.25. The molecule has 0 saturated carbocycles. The predicted molar refractivity (Wildman–Crippen MR) is 137 cm³/mol. The molecule has 2 rings (SSSR count). The van der Waals surface area contributed by atoms with Crippen molar-refractivity contribution in [2.24, 2.45) is 4.99 Å². The van der Waals surface area contributed by atoms with E-state index in [2.05, 4.69) is 29.7 Å². The van der Waals surface area contributed by atoms with Crippen molar-refractivity contribution in [3.05, 3.63) is 46.2 Å². The minimum absolute atomic E-state index is 0. The predicted octanol–water partition coefficient (Wildman–Crippen LogP) is 5.07. The molecule has 0 atom stereocenters. The van der Waals surface area contributed by atoms with Gasteiger partial charge in [0.1, 0.15) is 5.75 Å². The standard InChI is InChI=1S/C22H33N3O3S.HI/c1-17(2)28-20-9-7-19(8-10-20)25-22(23-12-5-13-27-15-14-26-4)24-16-21-11-6-18(3)29-21;/h6-11,17H,5,12-16H2,1-4H3,(H2,23,24,25);1H. The molecule has 1 aromatic heterocycles. The number of nitrogens with zero attached hydrogens (tertiary/aromatic N) is 1. The van der Waals surface area contributed by atoms with Crippen LogP contribution in [0.4, 0.5) is 5.69 Å². The summed E-state index contributed by atoms with van der Waals surface area (Å²) >= 11 is 1.77. The van der Waals surface area contributed by atoms with Gasteiger partial charge in [0.25, 0.3) is 0 Å². The lowest BCUT2D eigenvalue weighted by Crippen LogP contribution is -2.32. The van der Waals surface area contributed by atoms with Gasteiger partial charge >= 0.3 is 0 Å². The Labute approximate surface area is 201 Å². The number of thiophene rings is 1. The van der Waals surface area contributed by atoms with E-state index < -0.39 is 0 Å². The Balaban J connectivity index is 0.00000450. The van der Waals surface area contributed by atoms with Gasteiger partial charge < -0.3 is 24.8 Å². The lowest BCUT2D eigenvalue weighted by Gasteiger charge is -2.14. The van der Waals surface area contributed by atoms with Crippen LogP contribution >= 0.6 is 35.3 Å². The van der Waals surface area contributed by atoms with Gasteiger partial charge in [0.2, 0.25) is 0 Å². The van der Waals surface area contributed by atoms with E-state index in [0.29, 0.717) is 26.4 Å². The molecule has 0 radical (unpaired) electrons. The number of nitrogens with one attached hydrogen (secondary N) is 2. The highest BCUT2D eigenvalue weighted by Gasteiger charge is 2.03. The van der Waals surface area contributed by atoms with Gasteiger partial charge in [0.05, 0.1) is 25.9 Å². The summed E-state index contributed by atoms with van der Waals surface area (Å²) in [7, 11) is 1.68. The molecule has 168 valence electrons. The van der Waals surface area contributed by atoms with Crippen molar-refractivity contribution in [1.29, 1.82) is 0 Å². The molecule has 2 aromatic rings. The molecule has 30 heavy (non-hydrogen) atoms. The van der Waals surface area contributed by atoms with Crippen molar-refractivity contribution in [2.75, 3.05) is 38.8 Å². The molecular weight excluding hydrogens is 513 g/mol.